The Morgan fingerprint density at radius 2 is 1.32 bits per heavy atom. The van der Waals surface area contributed by atoms with Crippen LogP contribution in [0.15, 0.2) is 24.3 Å². The van der Waals surface area contributed by atoms with Gasteiger partial charge in [0, 0.05) is 0 Å². The third-order valence-electron chi connectivity index (χ3n) is 4.84. The van der Waals surface area contributed by atoms with E-state index < -0.39 is 0 Å². The fraction of sp³-hybridized carbons (Fsp3) is 0.778. The summed E-state index contributed by atoms with van der Waals surface area (Å²) in [7, 11) is 0.266. The average Bonchev–Trinajstić information content (AvgIpc) is 2.49. The van der Waals surface area contributed by atoms with E-state index in [1.807, 2.05) is 0 Å². The molecule has 0 saturated heterocycles. The smallest absolute Gasteiger partial charge is 0.0137 e. The molecular formula is C18H31P. The molecule has 108 valence electrons. The van der Waals surface area contributed by atoms with Gasteiger partial charge in [0.05, 0.1) is 0 Å². The van der Waals surface area contributed by atoms with E-state index in [9.17, 15) is 0 Å². The van der Waals surface area contributed by atoms with Gasteiger partial charge >= 0.3 is 0 Å². The molecule has 2 fully saturated rings. The number of allylic oxidation sites excluding steroid dienone is 4. The Kier molecular flexibility index (Phi) is 7.21. The molecular weight excluding hydrogens is 247 g/mol. The fourth-order valence-corrected chi connectivity index (χ4v) is 7.41. The van der Waals surface area contributed by atoms with Crippen LogP contribution in [0.2, 0.25) is 0 Å². The summed E-state index contributed by atoms with van der Waals surface area (Å²) >= 11 is 0. The number of hydrogen-bond donors (Lipinski definition) is 0. The zero-order chi connectivity index (χ0) is 13.3. The molecule has 2 saturated carbocycles. The van der Waals surface area contributed by atoms with Gasteiger partial charge in [0.2, 0.25) is 0 Å². The third-order valence-corrected chi connectivity index (χ3v) is 8.38. The summed E-state index contributed by atoms with van der Waals surface area (Å²) in [6.45, 7) is 2.11. The van der Waals surface area contributed by atoms with Crippen molar-refractivity contribution in [1.29, 1.82) is 0 Å². The van der Waals surface area contributed by atoms with Crippen molar-refractivity contribution in [3.63, 3.8) is 0 Å². The predicted molar refractivity (Wildman–Crippen MR) is 89.5 cm³/mol. The molecule has 2 rings (SSSR count). The predicted octanol–water partition coefficient (Wildman–Crippen LogP) is 6.27. The van der Waals surface area contributed by atoms with Crippen LogP contribution in [0.25, 0.3) is 0 Å². The van der Waals surface area contributed by atoms with Crippen molar-refractivity contribution in [2.75, 3.05) is 6.16 Å². The van der Waals surface area contributed by atoms with Gasteiger partial charge in [-0.25, -0.2) is 0 Å². The van der Waals surface area contributed by atoms with E-state index in [0.29, 0.717) is 0 Å². The molecule has 0 nitrogen and oxygen atoms in total. The van der Waals surface area contributed by atoms with Crippen molar-refractivity contribution in [2.24, 2.45) is 0 Å². The molecule has 0 atom stereocenters. The maximum absolute atomic E-state index is 2.47. The van der Waals surface area contributed by atoms with Crippen LogP contribution >= 0.6 is 7.92 Å². The largest absolute Gasteiger partial charge is 0.0965 e. The average molecular weight is 278 g/mol. The highest BCUT2D eigenvalue weighted by molar-refractivity contribution is 7.59. The molecule has 0 bridgehead atoms. The molecule has 0 aromatic rings. The minimum absolute atomic E-state index is 0.266. The van der Waals surface area contributed by atoms with Crippen molar-refractivity contribution in [3.05, 3.63) is 24.3 Å². The highest BCUT2D eigenvalue weighted by Crippen LogP contribution is 2.55. The van der Waals surface area contributed by atoms with Gasteiger partial charge in [-0.1, -0.05) is 70.8 Å². The van der Waals surface area contributed by atoms with Crippen LogP contribution in [0.5, 0.6) is 0 Å². The van der Waals surface area contributed by atoms with Crippen molar-refractivity contribution in [1.82, 2.24) is 0 Å². The topological polar surface area (TPSA) is 0 Å². The quantitative estimate of drug-likeness (QED) is 0.411. The van der Waals surface area contributed by atoms with Crippen molar-refractivity contribution in [2.45, 2.75) is 82.4 Å². The van der Waals surface area contributed by atoms with E-state index in [4.69, 9.17) is 0 Å². The second kappa shape index (κ2) is 8.96. The molecule has 2 aliphatic rings. The van der Waals surface area contributed by atoms with Gasteiger partial charge in [-0.15, -0.1) is 0 Å². The van der Waals surface area contributed by atoms with Crippen LogP contribution in [0.3, 0.4) is 0 Å². The summed E-state index contributed by atoms with van der Waals surface area (Å²) in [5, 5.41) is 0. The lowest BCUT2D eigenvalue weighted by Gasteiger charge is -2.38. The lowest BCUT2D eigenvalue weighted by atomic mass is 9.99. The first-order valence-corrected chi connectivity index (χ1v) is 10.1. The molecule has 0 aromatic carbocycles. The maximum Gasteiger partial charge on any atom is -0.0137 e. The lowest BCUT2D eigenvalue weighted by Crippen LogP contribution is -2.21. The van der Waals surface area contributed by atoms with E-state index in [0.717, 1.165) is 11.3 Å². The fourth-order valence-electron chi connectivity index (χ4n) is 3.79. The molecule has 0 aromatic heterocycles. The minimum Gasteiger partial charge on any atom is -0.0965 e. The molecule has 0 N–H and O–H groups in total. The molecule has 1 heteroatoms. The molecule has 0 spiro atoms. The zero-order valence-corrected chi connectivity index (χ0v) is 13.6. The van der Waals surface area contributed by atoms with Gasteiger partial charge in [-0.3, -0.25) is 0 Å². The van der Waals surface area contributed by atoms with Crippen molar-refractivity contribution < 1.29 is 0 Å². The molecule has 0 radical (unpaired) electrons. The van der Waals surface area contributed by atoms with Gasteiger partial charge < -0.3 is 0 Å². The molecule has 2 aliphatic carbocycles. The van der Waals surface area contributed by atoms with E-state index in [-0.39, 0.29) is 7.92 Å². The van der Waals surface area contributed by atoms with Crippen molar-refractivity contribution in [3.8, 4) is 0 Å². The van der Waals surface area contributed by atoms with E-state index in [1.165, 1.54) is 44.7 Å². The Morgan fingerprint density at radius 3 is 1.79 bits per heavy atom. The highest BCUT2D eigenvalue weighted by Gasteiger charge is 2.29. The molecule has 0 unspecified atom stereocenters. The maximum atomic E-state index is 2.47. The Hall–Kier alpha value is -0.0900. The normalized spacial score (nSPS) is 23.9. The Labute approximate surface area is 121 Å². The third kappa shape index (κ3) is 5.07. The Morgan fingerprint density at radius 1 is 0.789 bits per heavy atom. The summed E-state index contributed by atoms with van der Waals surface area (Å²) < 4.78 is 0. The van der Waals surface area contributed by atoms with Crippen molar-refractivity contribution >= 4 is 7.92 Å². The van der Waals surface area contributed by atoms with Gasteiger partial charge in [-0.05, 0) is 50.1 Å². The zero-order valence-electron chi connectivity index (χ0n) is 12.7. The van der Waals surface area contributed by atoms with Gasteiger partial charge in [0.25, 0.3) is 0 Å². The monoisotopic (exact) mass is 278 g/mol. The van der Waals surface area contributed by atoms with Crippen LogP contribution in [0.1, 0.15) is 71.1 Å². The minimum atomic E-state index is 0.266. The van der Waals surface area contributed by atoms with Gasteiger partial charge in [0.15, 0.2) is 0 Å². The van der Waals surface area contributed by atoms with Crippen LogP contribution in [-0.4, -0.2) is 17.5 Å². The summed E-state index contributed by atoms with van der Waals surface area (Å²) in [6, 6.07) is 0. The summed E-state index contributed by atoms with van der Waals surface area (Å²) in [5.74, 6) is 0. The highest BCUT2D eigenvalue weighted by atomic mass is 31.1. The van der Waals surface area contributed by atoms with Crippen LogP contribution in [0.4, 0.5) is 0 Å². The summed E-state index contributed by atoms with van der Waals surface area (Å²) in [5.41, 5.74) is 2.20. The first-order chi connectivity index (χ1) is 9.42. The van der Waals surface area contributed by atoms with E-state index in [2.05, 4.69) is 31.2 Å². The lowest BCUT2D eigenvalue weighted by molar-refractivity contribution is 0.485. The van der Waals surface area contributed by atoms with Gasteiger partial charge in [0.1, 0.15) is 0 Å². The second-order valence-electron chi connectivity index (χ2n) is 6.23. The Bertz CT molecular complexity index is 262. The molecule has 19 heavy (non-hydrogen) atoms. The molecule has 0 aliphatic heterocycles. The van der Waals surface area contributed by atoms with Crippen LogP contribution in [0, 0.1) is 0 Å². The first-order valence-electron chi connectivity index (χ1n) is 8.45. The summed E-state index contributed by atoms with van der Waals surface area (Å²) in [4.78, 5) is 0. The SMILES string of the molecule is CC=CC=CCP(C1CCCCC1)C1CCCCC1. The number of rotatable bonds is 5. The van der Waals surface area contributed by atoms with Gasteiger partial charge in [-0.2, -0.15) is 0 Å². The standard InChI is InChI=1S/C18H31P/c1-2-3-4-11-16-19(17-12-7-5-8-13-17)18-14-9-6-10-15-18/h2-4,11,17-18H,5-10,12-16H2,1H3. The second-order valence-corrected chi connectivity index (χ2v) is 9.09. The Balaban J connectivity index is 1.94. The van der Waals surface area contributed by atoms with E-state index >= 15 is 0 Å². The van der Waals surface area contributed by atoms with Crippen LogP contribution < -0.4 is 0 Å². The van der Waals surface area contributed by atoms with E-state index in [1.54, 1.807) is 25.7 Å². The first kappa shape index (κ1) is 15.3. The summed E-state index contributed by atoms with van der Waals surface area (Å²) in [6.07, 6.45) is 25.7. The molecule has 0 amide bonds. The number of hydrogen-bond acceptors (Lipinski definition) is 0. The molecule has 0 heterocycles. The van der Waals surface area contributed by atoms with Crippen LogP contribution in [-0.2, 0) is 0 Å².